The number of amides is 1. The van der Waals surface area contributed by atoms with Crippen LogP contribution < -0.4 is 10.1 Å². The van der Waals surface area contributed by atoms with E-state index < -0.39 is 0 Å². The van der Waals surface area contributed by atoms with E-state index in [0.29, 0.717) is 18.2 Å². The second kappa shape index (κ2) is 9.97. The summed E-state index contributed by atoms with van der Waals surface area (Å²) in [5.74, 6) is 1.99. The lowest BCUT2D eigenvalue weighted by Crippen LogP contribution is -2.49. The van der Waals surface area contributed by atoms with Crippen LogP contribution in [0.3, 0.4) is 0 Å². The quantitative estimate of drug-likeness (QED) is 0.604. The van der Waals surface area contributed by atoms with Crippen LogP contribution in [-0.2, 0) is 4.79 Å². The number of para-hydroxylation sites is 1. The zero-order chi connectivity index (χ0) is 20.9. The number of nitrogens with zero attached hydrogens (tertiary/aromatic N) is 1. The van der Waals surface area contributed by atoms with Crippen LogP contribution in [0.15, 0.2) is 24.3 Å². The molecule has 2 aliphatic rings. The first kappa shape index (κ1) is 22.1. The number of hydrogen-bond acceptors (Lipinski definition) is 3. The second-order valence-corrected chi connectivity index (χ2v) is 9.56. The van der Waals surface area contributed by atoms with E-state index in [9.17, 15) is 4.79 Å². The fraction of sp³-hybridized carbons (Fsp3) is 0.720. The normalized spacial score (nSPS) is 20.6. The molecule has 3 rings (SSSR count). The molecule has 4 nitrogen and oxygen atoms in total. The molecule has 2 heterocycles. The van der Waals surface area contributed by atoms with E-state index in [0.717, 1.165) is 50.9 Å². The molecule has 1 amide bonds. The van der Waals surface area contributed by atoms with Gasteiger partial charge in [-0.3, -0.25) is 4.79 Å². The van der Waals surface area contributed by atoms with Crippen LogP contribution in [0, 0.1) is 0 Å². The zero-order valence-corrected chi connectivity index (χ0v) is 18.9. The van der Waals surface area contributed by atoms with Gasteiger partial charge in [0.1, 0.15) is 11.4 Å². The van der Waals surface area contributed by atoms with Gasteiger partial charge in [-0.1, -0.05) is 31.0 Å². The Morgan fingerprint density at radius 3 is 2.48 bits per heavy atom. The third kappa shape index (κ3) is 5.53. The highest BCUT2D eigenvalue weighted by Crippen LogP contribution is 2.46. The average Bonchev–Trinajstić information content (AvgIpc) is 2.67. The highest BCUT2D eigenvalue weighted by Gasteiger charge is 2.41. The van der Waals surface area contributed by atoms with Crippen LogP contribution in [0.25, 0.3) is 0 Å². The molecule has 2 aliphatic heterocycles. The van der Waals surface area contributed by atoms with Crippen molar-refractivity contribution in [1.82, 2.24) is 10.2 Å². The van der Waals surface area contributed by atoms with Crippen molar-refractivity contribution in [2.75, 3.05) is 13.1 Å². The fourth-order valence-electron chi connectivity index (χ4n) is 5.34. The summed E-state index contributed by atoms with van der Waals surface area (Å²) in [5, 5.41) is 3.47. The number of ether oxygens (including phenoxy) is 1. The first-order chi connectivity index (χ1) is 13.9. The lowest BCUT2D eigenvalue weighted by atomic mass is 9.76. The molecule has 1 unspecified atom stereocenters. The first-order valence-electron chi connectivity index (χ1n) is 11.7. The third-order valence-electron chi connectivity index (χ3n) is 6.66. The van der Waals surface area contributed by atoms with Gasteiger partial charge in [0.15, 0.2) is 0 Å². The second-order valence-electron chi connectivity index (χ2n) is 9.56. The molecule has 29 heavy (non-hydrogen) atoms. The summed E-state index contributed by atoms with van der Waals surface area (Å²) in [6.45, 7) is 10.5. The van der Waals surface area contributed by atoms with E-state index in [1.165, 1.54) is 18.4 Å². The van der Waals surface area contributed by atoms with Crippen LogP contribution in [-0.4, -0.2) is 41.6 Å². The highest BCUT2D eigenvalue weighted by molar-refractivity contribution is 5.76. The Bertz CT molecular complexity index is 657. The van der Waals surface area contributed by atoms with Gasteiger partial charge in [-0.2, -0.15) is 0 Å². The van der Waals surface area contributed by atoms with Gasteiger partial charge in [0.25, 0.3) is 0 Å². The molecule has 0 aliphatic carbocycles. The van der Waals surface area contributed by atoms with Gasteiger partial charge in [0.2, 0.25) is 5.91 Å². The van der Waals surface area contributed by atoms with Crippen molar-refractivity contribution < 1.29 is 9.53 Å². The van der Waals surface area contributed by atoms with Crippen molar-refractivity contribution >= 4 is 5.91 Å². The number of carbonyl (C=O) groups excluding carboxylic acids is 1. The Morgan fingerprint density at radius 1 is 1.10 bits per heavy atom. The highest BCUT2D eigenvalue weighted by atomic mass is 16.5. The summed E-state index contributed by atoms with van der Waals surface area (Å²) < 4.78 is 6.53. The van der Waals surface area contributed by atoms with Gasteiger partial charge in [-0.25, -0.2) is 0 Å². The van der Waals surface area contributed by atoms with E-state index in [1.807, 2.05) is 4.90 Å². The number of benzene rings is 1. The van der Waals surface area contributed by atoms with Gasteiger partial charge >= 0.3 is 0 Å². The number of hydrogen-bond donors (Lipinski definition) is 1. The van der Waals surface area contributed by atoms with Crippen LogP contribution in [0.2, 0.25) is 0 Å². The summed E-state index contributed by atoms with van der Waals surface area (Å²) >= 11 is 0. The molecular weight excluding hydrogens is 360 g/mol. The minimum absolute atomic E-state index is 0.0231. The van der Waals surface area contributed by atoms with Crippen LogP contribution in [0.5, 0.6) is 5.75 Å². The average molecular weight is 401 g/mol. The number of fused-ring (bicyclic) bond motifs is 1. The molecule has 162 valence electrons. The Labute approximate surface area is 177 Å². The van der Waals surface area contributed by atoms with E-state index in [2.05, 4.69) is 57.3 Å². The third-order valence-corrected chi connectivity index (χ3v) is 6.66. The standard InChI is InChI=1S/C25H40N2O2/c1-19(2)27(20(3)4)24(28)13-7-5-6-10-21-18-25(14-16-26-17-15-25)29-23-12-9-8-11-22(21)23/h8-9,11-12,19-21,26H,5-7,10,13-18H2,1-4H3. The number of piperidine rings is 1. The van der Waals surface area contributed by atoms with E-state index in [1.54, 1.807) is 0 Å². The summed E-state index contributed by atoms with van der Waals surface area (Å²) in [6.07, 6.45) is 8.53. The van der Waals surface area contributed by atoms with E-state index in [-0.39, 0.29) is 17.7 Å². The predicted molar refractivity (Wildman–Crippen MR) is 119 cm³/mol. The Kier molecular flexibility index (Phi) is 7.61. The SMILES string of the molecule is CC(C)N(C(=O)CCCCCC1CC2(CCNCC2)Oc2ccccc21)C(C)C. The Balaban J connectivity index is 1.51. The molecule has 0 radical (unpaired) electrons. The summed E-state index contributed by atoms with van der Waals surface area (Å²) in [6, 6.07) is 9.19. The zero-order valence-electron chi connectivity index (χ0n) is 18.9. The smallest absolute Gasteiger partial charge is 0.223 e. The van der Waals surface area contributed by atoms with Gasteiger partial charge in [0, 0.05) is 18.5 Å². The maximum atomic E-state index is 12.6. The molecule has 0 saturated carbocycles. The van der Waals surface area contributed by atoms with Gasteiger partial charge in [0.05, 0.1) is 0 Å². The summed E-state index contributed by atoms with van der Waals surface area (Å²) in [4.78, 5) is 14.6. The van der Waals surface area contributed by atoms with Crippen molar-refractivity contribution in [3.63, 3.8) is 0 Å². The molecule has 1 atom stereocenters. The van der Waals surface area contributed by atoms with Gasteiger partial charge in [-0.05, 0) is 90.4 Å². The van der Waals surface area contributed by atoms with Crippen molar-refractivity contribution in [2.45, 2.75) is 103 Å². The number of carbonyl (C=O) groups is 1. The van der Waals surface area contributed by atoms with Crippen LogP contribution in [0.4, 0.5) is 0 Å². The van der Waals surface area contributed by atoms with E-state index in [4.69, 9.17) is 4.74 Å². The van der Waals surface area contributed by atoms with Gasteiger partial charge < -0.3 is 15.0 Å². The Hall–Kier alpha value is -1.55. The van der Waals surface area contributed by atoms with Crippen molar-refractivity contribution in [3.05, 3.63) is 29.8 Å². The van der Waals surface area contributed by atoms with Crippen LogP contribution in [0.1, 0.15) is 90.5 Å². The monoisotopic (exact) mass is 400 g/mol. The maximum absolute atomic E-state index is 12.6. The molecule has 1 saturated heterocycles. The Morgan fingerprint density at radius 2 is 1.79 bits per heavy atom. The van der Waals surface area contributed by atoms with E-state index >= 15 is 0 Å². The molecule has 0 aromatic heterocycles. The maximum Gasteiger partial charge on any atom is 0.223 e. The number of rotatable bonds is 8. The predicted octanol–water partition coefficient (Wildman–Crippen LogP) is 5.27. The molecule has 1 spiro atoms. The minimum Gasteiger partial charge on any atom is -0.487 e. The van der Waals surface area contributed by atoms with Crippen molar-refractivity contribution in [1.29, 1.82) is 0 Å². The molecule has 1 fully saturated rings. The van der Waals surface area contributed by atoms with Gasteiger partial charge in [-0.15, -0.1) is 0 Å². The molecule has 1 aromatic carbocycles. The lowest BCUT2D eigenvalue weighted by Gasteiger charge is -2.45. The molecule has 1 aromatic rings. The fourth-order valence-corrected chi connectivity index (χ4v) is 5.34. The number of nitrogens with one attached hydrogen (secondary N) is 1. The minimum atomic E-state index is 0.0231. The van der Waals surface area contributed by atoms with Crippen molar-refractivity contribution in [2.24, 2.45) is 0 Å². The molecule has 1 N–H and O–H groups in total. The van der Waals surface area contributed by atoms with Crippen LogP contribution >= 0.6 is 0 Å². The first-order valence-corrected chi connectivity index (χ1v) is 11.7. The molecular formula is C25H40N2O2. The lowest BCUT2D eigenvalue weighted by molar-refractivity contribution is -0.134. The largest absolute Gasteiger partial charge is 0.487 e. The molecule has 0 bridgehead atoms. The number of unbranched alkanes of at least 4 members (excludes halogenated alkanes) is 2. The summed E-state index contributed by atoms with van der Waals surface area (Å²) in [5.41, 5.74) is 1.41. The summed E-state index contributed by atoms with van der Waals surface area (Å²) in [7, 11) is 0. The topological polar surface area (TPSA) is 41.6 Å². The van der Waals surface area contributed by atoms with Crippen molar-refractivity contribution in [3.8, 4) is 5.75 Å². The molecule has 4 heteroatoms.